The van der Waals surface area contributed by atoms with E-state index in [0.29, 0.717) is 0 Å². The van der Waals surface area contributed by atoms with Gasteiger partial charge in [0, 0.05) is 0 Å². The monoisotopic (exact) mass is 417 g/mol. The molecule has 0 aromatic heterocycles. The Kier molecular flexibility index (Phi) is 26.5. The first-order valence-corrected chi connectivity index (χ1v) is 11.3. The summed E-state index contributed by atoms with van der Waals surface area (Å²) >= 11 is 0. The number of hydrogen-bond acceptors (Lipinski definition) is 0. The second-order valence-corrected chi connectivity index (χ2v) is 7.52. The van der Waals surface area contributed by atoms with Crippen LogP contribution in [0.2, 0.25) is 0 Å². The van der Waals surface area contributed by atoms with Gasteiger partial charge in [-0.05, 0) is 32.8 Å². The highest BCUT2D eigenvalue weighted by molar-refractivity contribution is 4.80. The molecule has 0 fully saturated rings. The Labute approximate surface area is 170 Å². The van der Waals surface area contributed by atoms with Crippen molar-refractivity contribution >= 4 is 0 Å². The molecule has 0 aliphatic rings. The molecule has 2 heteroatoms. The fraction of sp³-hybridized carbons (Fsp3) is 0.913. The molecule has 0 bridgehead atoms. The van der Waals surface area contributed by atoms with Crippen LogP contribution in [0.15, 0.2) is 12.2 Å². The van der Waals surface area contributed by atoms with Crippen LogP contribution < -0.4 is 21.9 Å². The smallest absolute Gasteiger partial charge is 0.0957 e. The Balaban J connectivity index is 0. The van der Waals surface area contributed by atoms with Crippen molar-refractivity contribution in [1.29, 1.82) is 0 Å². The van der Waals surface area contributed by atoms with Gasteiger partial charge < -0.3 is 21.9 Å². The number of nitrogens with one attached hydrogen (secondary N) is 1. The summed E-state index contributed by atoms with van der Waals surface area (Å²) in [6, 6.07) is 0. The first-order valence-electron chi connectivity index (χ1n) is 11.3. The van der Waals surface area contributed by atoms with Crippen LogP contribution >= 0.6 is 0 Å². The average molecular weight is 419 g/mol. The normalized spacial score (nSPS) is 11.4. The molecule has 1 nitrogen and oxygen atoms in total. The molecule has 0 aromatic rings. The van der Waals surface area contributed by atoms with Gasteiger partial charge in [-0.2, -0.15) is 0 Å². The van der Waals surface area contributed by atoms with Gasteiger partial charge in [-0.3, -0.25) is 0 Å². The third-order valence-electron chi connectivity index (χ3n) is 5.30. The van der Waals surface area contributed by atoms with Crippen molar-refractivity contribution in [2.24, 2.45) is 0 Å². The molecule has 1 N–H and O–H groups in total. The standard InChI is InChI=1S/C23H47N.BrH/c1-4-7-8-9-10-11-12-13-14-15-16-17-18-19-20-21-22-23-24(5-2)6-3;/h21-22H,4-20,23H2,1-3H3;1H. The second-order valence-electron chi connectivity index (χ2n) is 7.52. The molecule has 0 unspecified atom stereocenters. The summed E-state index contributed by atoms with van der Waals surface area (Å²) in [5.41, 5.74) is 0. The summed E-state index contributed by atoms with van der Waals surface area (Å²) in [6.45, 7) is 10.6. The molecule has 0 rings (SSSR count). The number of likely N-dealkylation sites (N-methyl/N-ethyl adjacent to an activating group) is 1. The number of allylic oxidation sites excluding steroid dienone is 1. The van der Waals surface area contributed by atoms with Gasteiger partial charge in [-0.25, -0.2) is 0 Å². The van der Waals surface area contributed by atoms with Crippen molar-refractivity contribution in [2.75, 3.05) is 19.6 Å². The molecular formula is C23H48BrN. The third-order valence-corrected chi connectivity index (χ3v) is 5.30. The van der Waals surface area contributed by atoms with Crippen LogP contribution in [-0.2, 0) is 0 Å². The SMILES string of the molecule is CCCCCCCCCCCCCCCCC=CC[NH+](CC)CC.[Br-]. The topological polar surface area (TPSA) is 4.44 Å². The van der Waals surface area contributed by atoms with Gasteiger partial charge in [0.15, 0.2) is 0 Å². The predicted octanol–water partition coefficient (Wildman–Crippen LogP) is 3.34. The summed E-state index contributed by atoms with van der Waals surface area (Å²) in [7, 11) is 0. The fourth-order valence-electron chi connectivity index (χ4n) is 3.36. The van der Waals surface area contributed by atoms with Gasteiger partial charge in [-0.15, -0.1) is 0 Å². The lowest BCUT2D eigenvalue weighted by Gasteiger charge is -2.12. The zero-order chi connectivity index (χ0) is 17.7. The summed E-state index contributed by atoms with van der Waals surface area (Å²) in [5, 5.41) is 0. The summed E-state index contributed by atoms with van der Waals surface area (Å²) in [4.78, 5) is 1.69. The van der Waals surface area contributed by atoms with Crippen LogP contribution in [0.3, 0.4) is 0 Å². The Morgan fingerprint density at radius 2 is 0.920 bits per heavy atom. The van der Waals surface area contributed by atoms with Crippen LogP contribution in [0, 0.1) is 0 Å². The van der Waals surface area contributed by atoms with Crippen LogP contribution in [0.1, 0.15) is 117 Å². The van der Waals surface area contributed by atoms with Crippen molar-refractivity contribution in [3.8, 4) is 0 Å². The van der Waals surface area contributed by atoms with Crippen molar-refractivity contribution in [3.63, 3.8) is 0 Å². The number of unbranched alkanes of at least 4 members (excludes halogenated alkanes) is 14. The van der Waals surface area contributed by atoms with Crippen molar-refractivity contribution in [1.82, 2.24) is 0 Å². The molecule has 0 saturated heterocycles. The van der Waals surface area contributed by atoms with Crippen LogP contribution in [0.4, 0.5) is 0 Å². The van der Waals surface area contributed by atoms with Crippen molar-refractivity contribution in [3.05, 3.63) is 12.2 Å². The van der Waals surface area contributed by atoms with E-state index in [4.69, 9.17) is 0 Å². The summed E-state index contributed by atoms with van der Waals surface area (Å²) < 4.78 is 0. The van der Waals surface area contributed by atoms with Crippen molar-refractivity contribution < 1.29 is 21.9 Å². The highest BCUT2D eigenvalue weighted by Gasteiger charge is 1.97. The van der Waals surface area contributed by atoms with E-state index in [1.165, 1.54) is 116 Å². The van der Waals surface area contributed by atoms with Crippen molar-refractivity contribution in [2.45, 2.75) is 117 Å². The Morgan fingerprint density at radius 3 is 1.32 bits per heavy atom. The zero-order valence-corrected chi connectivity index (χ0v) is 19.3. The average Bonchev–Trinajstić information content (AvgIpc) is 2.61. The minimum atomic E-state index is 0. The third kappa shape index (κ3) is 22.1. The molecular weight excluding hydrogens is 370 g/mol. The Morgan fingerprint density at radius 1 is 0.520 bits per heavy atom. The Hall–Kier alpha value is 0.180. The van der Waals surface area contributed by atoms with E-state index in [2.05, 4.69) is 32.9 Å². The molecule has 0 atom stereocenters. The Bertz CT molecular complexity index is 248. The predicted molar refractivity (Wildman–Crippen MR) is 111 cm³/mol. The first kappa shape index (κ1) is 27.4. The first-order chi connectivity index (χ1) is 11.8. The van der Waals surface area contributed by atoms with E-state index in [1.807, 2.05) is 0 Å². The second kappa shape index (κ2) is 24.2. The lowest BCUT2D eigenvalue weighted by molar-refractivity contribution is -0.890. The summed E-state index contributed by atoms with van der Waals surface area (Å²) in [6.07, 6.45) is 26.4. The number of hydrogen-bond donors (Lipinski definition) is 1. The maximum absolute atomic E-state index is 2.41. The van der Waals surface area contributed by atoms with Gasteiger partial charge in [-0.1, -0.05) is 96.5 Å². The number of quaternary nitrogens is 1. The largest absolute Gasteiger partial charge is 1.00 e. The quantitative estimate of drug-likeness (QED) is 0.242. The number of halogens is 1. The minimum Gasteiger partial charge on any atom is -1.00 e. The highest BCUT2D eigenvalue weighted by Crippen LogP contribution is 2.13. The molecule has 0 saturated carbocycles. The fourth-order valence-corrected chi connectivity index (χ4v) is 3.36. The lowest BCUT2D eigenvalue weighted by atomic mass is 10.0. The molecule has 25 heavy (non-hydrogen) atoms. The molecule has 0 spiro atoms. The van der Waals surface area contributed by atoms with Crippen LogP contribution in [0.25, 0.3) is 0 Å². The molecule has 0 radical (unpaired) electrons. The summed E-state index contributed by atoms with van der Waals surface area (Å²) in [5.74, 6) is 0. The number of rotatable bonds is 19. The molecule has 0 aliphatic heterocycles. The maximum Gasteiger partial charge on any atom is 0.0957 e. The molecule has 0 aromatic carbocycles. The molecule has 0 heterocycles. The van der Waals surface area contributed by atoms with E-state index < -0.39 is 0 Å². The van der Waals surface area contributed by atoms with E-state index in [-0.39, 0.29) is 17.0 Å². The van der Waals surface area contributed by atoms with Crippen LogP contribution in [-0.4, -0.2) is 19.6 Å². The van der Waals surface area contributed by atoms with Gasteiger partial charge in [0.25, 0.3) is 0 Å². The van der Waals surface area contributed by atoms with Crippen LogP contribution in [0.5, 0.6) is 0 Å². The minimum absolute atomic E-state index is 0. The maximum atomic E-state index is 2.41. The van der Waals surface area contributed by atoms with Gasteiger partial charge in [0.2, 0.25) is 0 Å². The van der Waals surface area contributed by atoms with Gasteiger partial charge in [0.05, 0.1) is 19.6 Å². The molecule has 152 valence electrons. The molecule has 0 amide bonds. The van der Waals surface area contributed by atoms with E-state index in [1.54, 1.807) is 4.90 Å². The van der Waals surface area contributed by atoms with Gasteiger partial charge >= 0.3 is 0 Å². The van der Waals surface area contributed by atoms with E-state index >= 15 is 0 Å². The van der Waals surface area contributed by atoms with E-state index in [0.717, 1.165) is 0 Å². The lowest BCUT2D eigenvalue weighted by Crippen LogP contribution is -3.11. The zero-order valence-electron chi connectivity index (χ0n) is 17.8. The van der Waals surface area contributed by atoms with E-state index in [9.17, 15) is 0 Å². The highest BCUT2D eigenvalue weighted by atomic mass is 79.9. The van der Waals surface area contributed by atoms with Gasteiger partial charge in [0.1, 0.15) is 0 Å². The molecule has 0 aliphatic carbocycles.